The number of rotatable bonds is 0. The number of aromatic amines is 1. The van der Waals surface area contributed by atoms with Crippen LogP contribution < -0.4 is 5.56 Å². The van der Waals surface area contributed by atoms with Crippen molar-refractivity contribution in [3.63, 3.8) is 0 Å². The maximum Gasteiger partial charge on any atom is 0.258 e. The highest BCUT2D eigenvalue weighted by Crippen LogP contribution is 2.15. The Balaban J connectivity index is 2.73. The van der Waals surface area contributed by atoms with Crippen molar-refractivity contribution < 1.29 is 0 Å². The van der Waals surface area contributed by atoms with Crippen molar-refractivity contribution in [2.45, 2.75) is 13.8 Å². The van der Waals surface area contributed by atoms with Crippen molar-refractivity contribution in [2.75, 3.05) is 0 Å². The van der Waals surface area contributed by atoms with Gasteiger partial charge in [-0.05, 0) is 26.0 Å². The molecule has 0 aliphatic heterocycles. The second-order valence-electron chi connectivity index (χ2n) is 3.90. The molecule has 0 saturated carbocycles. The van der Waals surface area contributed by atoms with E-state index >= 15 is 0 Å². The lowest BCUT2D eigenvalue weighted by Crippen LogP contribution is -2.10. The summed E-state index contributed by atoms with van der Waals surface area (Å²) in [6.07, 6.45) is 0. The Morgan fingerprint density at radius 3 is 2.81 bits per heavy atom. The van der Waals surface area contributed by atoms with Crippen LogP contribution in [0.5, 0.6) is 0 Å². The third-order valence-corrected chi connectivity index (χ3v) is 2.84. The molecule has 0 saturated heterocycles. The summed E-state index contributed by atoms with van der Waals surface area (Å²) < 4.78 is 1.98. The van der Waals surface area contributed by atoms with E-state index < -0.39 is 0 Å². The molecule has 0 amide bonds. The lowest BCUT2D eigenvalue weighted by molar-refractivity contribution is 1.05. The Kier molecular flexibility index (Phi) is 1.68. The van der Waals surface area contributed by atoms with Crippen molar-refractivity contribution in [2.24, 2.45) is 0 Å². The van der Waals surface area contributed by atoms with Gasteiger partial charge in [0.1, 0.15) is 11.5 Å². The van der Waals surface area contributed by atoms with Crippen molar-refractivity contribution in [1.29, 1.82) is 0 Å². The Morgan fingerprint density at radius 2 is 2.00 bits per heavy atom. The summed E-state index contributed by atoms with van der Waals surface area (Å²) in [5, 5.41) is 0.690. The van der Waals surface area contributed by atoms with E-state index in [1.54, 1.807) is 0 Å². The number of hydrogen-bond acceptors (Lipinski definition) is 2. The minimum Gasteiger partial charge on any atom is -0.306 e. The standard InChI is InChI=1S/C12H11N3O/c1-7-11-14-12(16)9-5-3-4-6-10(9)15(11)8(2)13-7/h3-6H,1-2H3,(H,14,16). The lowest BCUT2D eigenvalue weighted by atomic mass is 10.2. The summed E-state index contributed by atoms with van der Waals surface area (Å²) in [7, 11) is 0. The molecule has 4 heteroatoms. The summed E-state index contributed by atoms with van der Waals surface area (Å²) in [5.41, 5.74) is 2.46. The van der Waals surface area contributed by atoms with Gasteiger partial charge in [0.15, 0.2) is 0 Å². The van der Waals surface area contributed by atoms with Gasteiger partial charge in [-0.25, -0.2) is 4.98 Å². The van der Waals surface area contributed by atoms with Crippen molar-refractivity contribution >= 4 is 16.6 Å². The maximum absolute atomic E-state index is 11.9. The molecule has 2 aromatic heterocycles. The van der Waals surface area contributed by atoms with Crippen LogP contribution in [0.4, 0.5) is 0 Å². The highest BCUT2D eigenvalue weighted by molar-refractivity contribution is 5.81. The Hall–Kier alpha value is -2.10. The van der Waals surface area contributed by atoms with E-state index in [-0.39, 0.29) is 5.56 Å². The summed E-state index contributed by atoms with van der Waals surface area (Å²) in [6, 6.07) is 7.55. The number of aryl methyl sites for hydroxylation is 2. The average molecular weight is 213 g/mol. The lowest BCUT2D eigenvalue weighted by Gasteiger charge is -2.02. The van der Waals surface area contributed by atoms with Gasteiger partial charge in [-0.15, -0.1) is 0 Å². The highest BCUT2D eigenvalue weighted by atomic mass is 16.1. The third kappa shape index (κ3) is 1.04. The van der Waals surface area contributed by atoms with Crippen molar-refractivity contribution in [1.82, 2.24) is 14.4 Å². The molecule has 0 atom stereocenters. The Bertz CT molecular complexity index is 752. The van der Waals surface area contributed by atoms with Crippen LogP contribution >= 0.6 is 0 Å². The molecule has 2 heterocycles. The zero-order chi connectivity index (χ0) is 11.3. The van der Waals surface area contributed by atoms with Gasteiger partial charge >= 0.3 is 0 Å². The van der Waals surface area contributed by atoms with Crippen LogP contribution in [0.3, 0.4) is 0 Å². The number of imidazole rings is 1. The van der Waals surface area contributed by atoms with E-state index in [1.807, 2.05) is 42.5 Å². The fourth-order valence-corrected chi connectivity index (χ4v) is 2.15. The third-order valence-electron chi connectivity index (χ3n) is 2.84. The molecule has 1 aromatic carbocycles. The molecule has 1 N–H and O–H groups in total. The van der Waals surface area contributed by atoms with Crippen LogP contribution in [0, 0.1) is 13.8 Å². The number of para-hydroxylation sites is 1. The molecule has 0 fully saturated rings. The SMILES string of the molecule is Cc1nc(C)n2c1[nH]c(=O)c1ccccc12. The molecular formula is C12H11N3O. The smallest absolute Gasteiger partial charge is 0.258 e. The van der Waals surface area contributed by atoms with E-state index in [2.05, 4.69) is 9.97 Å². The van der Waals surface area contributed by atoms with Gasteiger partial charge in [-0.2, -0.15) is 0 Å². The van der Waals surface area contributed by atoms with Gasteiger partial charge in [0.25, 0.3) is 5.56 Å². The van der Waals surface area contributed by atoms with Gasteiger partial charge in [0.05, 0.1) is 16.6 Å². The van der Waals surface area contributed by atoms with Gasteiger partial charge in [0.2, 0.25) is 0 Å². The van der Waals surface area contributed by atoms with E-state index in [4.69, 9.17) is 0 Å². The molecule has 0 spiro atoms. The largest absolute Gasteiger partial charge is 0.306 e. The molecular weight excluding hydrogens is 202 g/mol. The maximum atomic E-state index is 11.9. The Labute approximate surface area is 91.6 Å². The topological polar surface area (TPSA) is 50.2 Å². The zero-order valence-electron chi connectivity index (χ0n) is 9.11. The second kappa shape index (κ2) is 2.95. The molecule has 80 valence electrons. The summed E-state index contributed by atoms with van der Waals surface area (Å²) in [5.74, 6) is 0.889. The molecule has 0 bridgehead atoms. The number of aromatic nitrogens is 3. The highest BCUT2D eigenvalue weighted by Gasteiger charge is 2.09. The molecule has 16 heavy (non-hydrogen) atoms. The van der Waals surface area contributed by atoms with Crippen LogP contribution in [0.2, 0.25) is 0 Å². The molecule has 4 nitrogen and oxygen atoms in total. The van der Waals surface area contributed by atoms with E-state index in [1.165, 1.54) is 0 Å². The predicted molar refractivity (Wildman–Crippen MR) is 62.8 cm³/mol. The minimum absolute atomic E-state index is 0.0638. The number of hydrogen-bond donors (Lipinski definition) is 1. The minimum atomic E-state index is -0.0638. The molecule has 0 aliphatic carbocycles. The van der Waals surface area contributed by atoms with Gasteiger partial charge in [-0.1, -0.05) is 12.1 Å². The van der Waals surface area contributed by atoms with E-state index in [0.29, 0.717) is 5.39 Å². The second-order valence-corrected chi connectivity index (χ2v) is 3.90. The number of nitrogens with one attached hydrogen (secondary N) is 1. The summed E-state index contributed by atoms with van der Waals surface area (Å²) in [4.78, 5) is 19.1. The first-order chi connectivity index (χ1) is 7.68. The Morgan fingerprint density at radius 1 is 1.25 bits per heavy atom. The first-order valence-corrected chi connectivity index (χ1v) is 5.15. The number of benzene rings is 1. The number of nitrogens with zero attached hydrogens (tertiary/aromatic N) is 2. The molecule has 0 aliphatic rings. The van der Waals surface area contributed by atoms with Crippen molar-refractivity contribution in [3.05, 3.63) is 46.1 Å². The molecule has 3 rings (SSSR count). The number of H-pyrrole nitrogens is 1. The fraction of sp³-hybridized carbons (Fsp3) is 0.167. The normalized spacial score (nSPS) is 11.4. The van der Waals surface area contributed by atoms with Crippen molar-refractivity contribution in [3.8, 4) is 0 Å². The van der Waals surface area contributed by atoms with Gasteiger partial charge in [-0.3, -0.25) is 9.20 Å². The number of fused-ring (bicyclic) bond motifs is 3. The van der Waals surface area contributed by atoms with Crippen LogP contribution in [-0.4, -0.2) is 14.4 Å². The van der Waals surface area contributed by atoms with Crippen LogP contribution in [0.1, 0.15) is 11.5 Å². The molecule has 3 aromatic rings. The monoisotopic (exact) mass is 213 g/mol. The first-order valence-electron chi connectivity index (χ1n) is 5.15. The predicted octanol–water partition coefficient (Wildman–Crippen LogP) is 1.79. The van der Waals surface area contributed by atoms with Crippen LogP contribution in [0.15, 0.2) is 29.1 Å². The average Bonchev–Trinajstić information content (AvgIpc) is 2.55. The van der Waals surface area contributed by atoms with Crippen LogP contribution in [0.25, 0.3) is 16.6 Å². The van der Waals surface area contributed by atoms with Gasteiger partial charge < -0.3 is 4.98 Å². The zero-order valence-corrected chi connectivity index (χ0v) is 9.11. The van der Waals surface area contributed by atoms with Crippen LogP contribution in [-0.2, 0) is 0 Å². The fourth-order valence-electron chi connectivity index (χ4n) is 2.15. The van der Waals surface area contributed by atoms with E-state index in [9.17, 15) is 4.79 Å². The van der Waals surface area contributed by atoms with Gasteiger partial charge in [0, 0.05) is 0 Å². The molecule has 0 radical (unpaired) electrons. The summed E-state index contributed by atoms with van der Waals surface area (Å²) >= 11 is 0. The molecule has 0 unspecified atom stereocenters. The van der Waals surface area contributed by atoms with E-state index in [0.717, 1.165) is 22.7 Å². The quantitative estimate of drug-likeness (QED) is 0.619. The summed E-state index contributed by atoms with van der Waals surface area (Å²) in [6.45, 7) is 3.83. The first kappa shape index (κ1) is 9.15.